The molecule has 0 aliphatic carbocycles. The number of hydrogen-bond acceptors (Lipinski definition) is 4. The number of carbonyl (C=O) groups is 1. The van der Waals surface area contributed by atoms with Crippen molar-refractivity contribution in [1.29, 1.82) is 5.26 Å². The molecule has 172 valence electrons. The molecule has 2 aromatic rings. The minimum absolute atomic E-state index is 0.0453. The Labute approximate surface area is 195 Å². The lowest BCUT2D eigenvalue weighted by atomic mass is 9.87. The summed E-state index contributed by atoms with van der Waals surface area (Å²) in [7, 11) is 0. The Hall–Kier alpha value is -3.40. The summed E-state index contributed by atoms with van der Waals surface area (Å²) < 4.78 is 0. The number of rotatable bonds is 4. The molecular weight excluding hydrogens is 412 g/mol. The minimum atomic E-state index is -0.0802. The standard InChI is InChI=1S/C26H32N6O/c1-2-19-3-5-21(6-4-19)23-15-24(30-25(28)22-7-11-29-12-8-22)18-32(17-23)26(33)31-13-9-20(16-27)10-14-31/h3-8,11-12,20,23-24H,2,9-10,13-15,17-18H2,1H3,(H2,28,30). The summed E-state index contributed by atoms with van der Waals surface area (Å²) in [4.78, 5) is 26.1. The lowest BCUT2D eigenvalue weighted by Gasteiger charge is -2.40. The first kappa shape index (κ1) is 22.8. The molecule has 2 fully saturated rings. The van der Waals surface area contributed by atoms with Crippen LogP contribution in [0.5, 0.6) is 0 Å². The van der Waals surface area contributed by atoms with E-state index in [9.17, 15) is 10.1 Å². The molecule has 7 nitrogen and oxygen atoms in total. The van der Waals surface area contributed by atoms with Crippen molar-refractivity contribution in [2.75, 3.05) is 26.2 Å². The Morgan fingerprint density at radius 1 is 1.12 bits per heavy atom. The van der Waals surface area contributed by atoms with Gasteiger partial charge in [0.1, 0.15) is 5.84 Å². The van der Waals surface area contributed by atoms with Gasteiger partial charge in [0.2, 0.25) is 0 Å². The maximum atomic E-state index is 13.4. The molecule has 33 heavy (non-hydrogen) atoms. The summed E-state index contributed by atoms with van der Waals surface area (Å²) in [6.45, 7) is 4.64. The van der Waals surface area contributed by atoms with Crippen LogP contribution in [0.1, 0.15) is 48.8 Å². The molecule has 7 heteroatoms. The number of nitrogens with two attached hydrogens (primary N) is 1. The molecule has 2 atom stereocenters. The summed E-state index contributed by atoms with van der Waals surface area (Å²) >= 11 is 0. The highest BCUT2D eigenvalue weighted by Gasteiger charge is 2.34. The van der Waals surface area contributed by atoms with Gasteiger partial charge in [0, 0.05) is 56.0 Å². The van der Waals surface area contributed by atoms with E-state index in [0.717, 1.165) is 31.2 Å². The van der Waals surface area contributed by atoms with Crippen LogP contribution in [0.4, 0.5) is 4.79 Å². The topological polar surface area (TPSA) is 98.6 Å². The maximum absolute atomic E-state index is 13.4. The molecule has 2 N–H and O–H groups in total. The summed E-state index contributed by atoms with van der Waals surface area (Å²) in [6, 6.07) is 14.7. The molecule has 3 heterocycles. The molecule has 0 spiro atoms. The molecule has 2 aliphatic rings. The van der Waals surface area contributed by atoms with Crippen molar-refractivity contribution in [3.8, 4) is 6.07 Å². The molecule has 0 saturated carbocycles. The molecule has 1 aromatic carbocycles. The third kappa shape index (κ3) is 5.51. The largest absolute Gasteiger partial charge is 0.383 e. The smallest absolute Gasteiger partial charge is 0.320 e. The van der Waals surface area contributed by atoms with Crippen LogP contribution in [0, 0.1) is 17.2 Å². The number of aryl methyl sites for hydroxylation is 1. The average molecular weight is 445 g/mol. The lowest BCUT2D eigenvalue weighted by molar-refractivity contribution is 0.121. The predicted molar refractivity (Wildman–Crippen MR) is 129 cm³/mol. The Balaban J connectivity index is 1.55. The van der Waals surface area contributed by atoms with Crippen LogP contribution in [-0.2, 0) is 6.42 Å². The molecule has 0 radical (unpaired) electrons. The Kier molecular flexibility index (Phi) is 7.23. The molecule has 1 aromatic heterocycles. The number of aliphatic imine (C=N–C) groups is 1. The van der Waals surface area contributed by atoms with Crippen LogP contribution in [0.25, 0.3) is 0 Å². The van der Waals surface area contributed by atoms with Gasteiger partial charge in [-0.1, -0.05) is 31.2 Å². The van der Waals surface area contributed by atoms with E-state index in [4.69, 9.17) is 10.7 Å². The van der Waals surface area contributed by atoms with E-state index in [0.29, 0.717) is 32.0 Å². The van der Waals surface area contributed by atoms with Gasteiger partial charge in [-0.05, 0) is 48.9 Å². The van der Waals surface area contributed by atoms with Crippen molar-refractivity contribution in [2.45, 2.75) is 44.6 Å². The molecule has 2 amide bonds. The van der Waals surface area contributed by atoms with Crippen molar-refractivity contribution >= 4 is 11.9 Å². The third-order valence-corrected chi connectivity index (χ3v) is 6.80. The number of urea groups is 1. The first-order chi connectivity index (χ1) is 16.1. The van der Waals surface area contributed by atoms with Gasteiger partial charge in [-0.2, -0.15) is 5.26 Å². The number of piperidine rings is 2. The van der Waals surface area contributed by atoms with E-state index in [1.54, 1.807) is 12.4 Å². The fraction of sp³-hybridized carbons (Fsp3) is 0.462. The number of amidine groups is 1. The van der Waals surface area contributed by atoms with E-state index < -0.39 is 0 Å². The van der Waals surface area contributed by atoms with Crippen molar-refractivity contribution in [3.05, 3.63) is 65.5 Å². The second kappa shape index (κ2) is 10.5. The monoisotopic (exact) mass is 444 g/mol. The maximum Gasteiger partial charge on any atom is 0.320 e. The zero-order valence-electron chi connectivity index (χ0n) is 19.2. The van der Waals surface area contributed by atoms with Crippen LogP contribution in [0.15, 0.2) is 53.8 Å². The highest BCUT2D eigenvalue weighted by Crippen LogP contribution is 2.30. The van der Waals surface area contributed by atoms with Gasteiger partial charge in [0.05, 0.1) is 12.1 Å². The summed E-state index contributed by atoms with van der Waals surface area (Å²) in [5.41, 5.74) is 9.70. The van der Waals surface area contributed by atoms with Gasteiger partial charge in [0.25, 0.3) is 0 Å². The van der Waals surface area contributed by atoms with E-state index in [1.807, 2.05) is 21.9 Å². The number of pyridine rings is 1. The number of amides is 2. The fourth-order valence-corrected chi connectivity index (χ4v) is 4.78. The van der Waals surface area contributed by atoms with Crippen molar-refractivity contribution in [2.24, 2.45) is 16.6 Å². The minimum Gasteiger partial charge on any atom is -0.383 e. The summed E-state index contributed by atoms with van der Waals surface area (Å²) in [5, 5.41) is 9.18. The molecule has 2 unspecified atom stereocenters. The van der Waals surface area contributed by atoms with E-state index in [2.05, 4.69) is 42.2 Å². The van der Waals surface area contributed by atoms with Crippen LogP contribution in [0.2, 0.25) is 0 Å². The van der Waals surface area contributed by atoms with Crippen LogP contribution in [0.3, 0.4) is 0 Å². The lowest BCUT2D eigenvalue weighted by Crippen LogP contribution is -2.52. The molecule has 0 bridgehead atoms. The van der Waals surface area contributed by atoms with E-state index in [-0.39, 0.29) is 23.9 Å². The quantitative estimate of drug-likeness (QED) is 0.576. The molecular formula is C26H32N6O. The van der Waals surface area contributed by atoms with Gasteiger partial charge in [-0.25, -0.2) is 4.79 Å². The van der Waals surface area contributed by atoms with Crippen molar-refractivity contribution < 1.29 is 4.79 Å². The number of likely N-dealkylation sites (tertiary alicyclic amines) is 2. The van der Waals surface area contributed by atoms with Crippen molar-refractivity contribution in [3.63, 3.8) is 0 Å². The summed E-state index contributed by atoms with van der Waals surface area (Å²) in [5.74, 6) is 0.730. The zero-order valence-corrected chi connectivity index (χ0v) is 19.2. The second-order valence-electron chi connectivity index (χ2n) is 9.01. The first-order valence-electron chi connectivity index (χ1n) is 11.8. The predicted octanol–water partition coefficient (Wildman–Crippen LogP) is 3.56. The van der Waals surface area contributed by atoms with Gasteiger partial charge in [-0.15, -0.1) is 0 Å². The van der Waals surface area contributed by atoms with Gasteiger partial charge in [0.15, 0.2) is 0 Å². The van der Waals surface area contributed by atoms with Crippen LogP contribution in [-0.4, -0.2) is 58.9 Å². The number of hydrogen-bond donors (Lipinski definition) is 1. The fourth-order valence-electron chi connectivity index (χ4n) is 4.78. The highest BCUT2D eigenvalue weighted by atomic mass is 16.2. The number of aromatic nitrogens is 1. The molecule has 2 aliphatic heterocycles. The van der Waals surface area contributed by atoms with E-state index in [1.165, 1.54) is 11.1 Å². The highest BCUT2D eigenvalue weighted by molar-refractivity contribution is 5.97. The number of nitriles is 1. The third-order valence-electron chi connectivity index (χ3n) is 6.80. The van der Waals surface area contributed by atoms with Crippen LogP contribution < -0.4 is 5.73 Å². The Bertz CT molecular complexity index is 1010. The number of carbonyl (C=O) groups excluding carboxylic acids is 1. The second-order valence-corrected chi connectivity index (χ2v) is 9.01. The van der Waals surface area contributed by atoms with Gasteiger partial charge >= 0.3 is 6.03 Å². The summed E-state index contributed by atoms with van der Waals surface area (Å²) in [6.07, 6.45) is 6.75. The first-order valence-corrected chi connectivity index (χ1v) is 11.8. The average Bonchev–Trinajstić information content (AvgIpc) is 2.88. The Morgan fingerprint density at radius 3 is 2.45 bits per heavy atom. The van der Waals surface area contributed by atoms with Crippen LogP contribution >= 0.6 is 0 Å². The Morgan fingerprint density at radius 2 is 1.82 bits per heavy atom. The zero-order chi connectivity index (χ0) is 23.2. The normalized spacial score (nSPS) is 22.1. The molecule has 2 saturated heterocycles. The number of benzene rings is 1. The SMILES string of the molecule is CCc1ccc(C2CC(N=C(N)c3ccncc3)CN(C(=O)N3CCC(C#N)CC3)C2)cc1. The van der Waals surface area contributed by atoms with E-state index >= 15 is 0 Å². The van der Waals surface area contributed by atoms with Gasteiger partial charge < -0.3 is 15.5 Å². The van der Waals surface area contributed by atoms with Crippen molar-refractivity contribution in [1.82, 2.24) is 14.8 Å². The molecule has 4 rings (SSSR count). The van der Waals surface area contributed by atoms with Gasteiger partial charge in [-0.3, -0.25) is 9.98 Å². The number of nitrogens with zero attached hydrogens (tertiary/aromatic N) is 5.